The number of fused-ring (bicyclic) bond motifs is 1. The SMILES string of the molecule is CCCN1c2cc(C)c(/C=C3/SC(=O)N(Cc4ccccc4)C3=O)cc2C(C)CC1(C)C. The molecule has 1 unspecified atom stereocenters. The molecule has 0 radical (unpaired) electrons. The van der Waals surface area contributed by atoms with Gasteiger partial charge in [0, 0.05) is 17.8 Å². The first-order valence-corrected chi connectivity index (χ1v) is 12.2. The lowest BCUT2D eigenvalue weighted by Gasteiger charge is -2.48. The zero-order valence-electron chi connectivity index (χ0n) is 19.6. The van der Waals surface area contributed by atoms with Crippen LogP contribution in [0.15, 0.2) is 47.4 Å². The van der Waals surface area contributed by atoms with Crippen molar-refractivity contribution >= 4 is 34.7 Å². The molecule has 2 aromatic rings. The molecule has 0 spiro atoms. The van der Waals surface area contributed by atoms with Gasteiger partial charge in [0.1, 0.15) is 0 Å². The fourth-order valence-corrected chi connectivity index (χ4v) is 5.83. The van der Waals surface area contributed by atoms with Crippen LogP contribution in [0.3, 0.4) is 0 Å². The van der Waals surface area contributed by atoms with Crippen molar-refractivity contribution in [3.8, 4) is 0 Å². The van der Waals surface area contributed by atoms with Gasteiger partial charge in [-0.3, -0.25) is 14.5 Å². The topological polar surface area (TPSA) is 40.6 Å². The first-order chi connectivity index (χ1) is 15.2. The van der Waals surface area contributed by atoms with Crippen molar-refractivity contribution in [1.29, 1.82) is 0 Å². The Balaban J connectivity index is 1.66. The standard InChI is InChI=1S/C27H32N2O2S/c1-6-12-29-23-13-18(2)21(14-22(23)19(3)16-27(29,4)5)15-24-25(30)28(26(31)32-24)17-20-10-8-7-9-11-20/h7-11,13-15,19H,6,12,16-17H2,1-5H3/b24-15+. The zero-order chi connectivity index (χ0) is 23.0. The maximum absolute atomic E-state index is 13.0. The van der Waals surface area contributed by atoms with Gasteiger partial charge in [0.05, 0.1) is 11.4 Å². The lowest BCUT2D eigenvalue weighted by molar-refractivity contribution is -0.123. The molecule has 2 aliphatic heterocycles. The van der Waals surface area contributed by atoms with Crippen molar-refractivity contribution in [2.45, 2.75) is 65.5 Å². The number of thioether (sulfide) groups is 1. The summed E-state index contributed by atoms with van der Waals surface area (Å²) in [6.45, 7) is 12.6. The summed E-state index contributed by atoms with van der Waals surface area (Å²) in [4.78, 5) is 30.0. The highest BCUT2D eigenvalue weighted by atomic mass is 32.2. The number of benzene rings is 2. The molecule has 0 bridgehead atoms. The van der Waals surface area contributed by atoms with Gasteiger partial charge in [-0.05, 0) is 91.8 Å². The van der Waals surface area contributed by atoms with E-state index in [0.29, 0.717) is 17.4 Å². The molecule has 1 saturated heterocycles. The first-order valence-electron chi connectivity index (χ1n) is 11.4. The van der Waals surface area contributed by atoms with E-state index in [2.05, 4.69) is 51.7 Å². The number of hydrogen-bond acceptors (Lipinski definition) is 4. The Hall–Kier alpha value is -2.53. The Morgan fingerprint density at radius 3 is 2.56 bits per heavy atom. The van der Waals surface area contributed by atoms with E-state index in [1.165, 1.54) is 16.2 Å². The van der Waals surface area contributed by atoms with Crippen LogP contribution in [0.4, 0.5) is 10.5 Å². The number of anilines is 1. The van der Waals surface area contributed by atoms with Gasteiger partial charge in [0.25, 0.3) is 11.1 Å². The molecule has 0 aliphatic carbocycles. The molecular weight excluding hydrogens is 416 g/mol. The average Bonchev–Trinajstić information content (AvgIpc) is 3.00. The molecule has 5 heteroatoms. The van der Waals surface area contributed by atoms with Gasteiger partial charge >= 0.3 is 0 Å². The zero-order valence-corrected chi connectivity index (χ0v) is 20.5. The van der Waals surface area contributed by atoms with E-state index in [-0.39, 0.29) is 16.7 Å². The third-order valence-electron chi connectivity index (χ3n) is 6.56. The molecule has 32 heavy (non-hydrogen) atoms. The molecule has 2 heterocycles. The summed E-state index contributed by atoms with van der Waals surface area (Å²) < 4.78 is 0. The van der Waals surface area contributed by atoms with Crippen molar-refractivity contribution in [2.24, 2.45) is 0 Å². The third kappa shape index (κ3) is 4.23. The molecule has 2 aliphatic rings. The molecule has 1 atom stereocenters. The van der Waals surface area contributed by atoms with Gasteiger partial charge in [-0.1, -0.05) is 44.2 Å². The second-order valence-corrected chi connectivity index (χ2v) is 10.6. The van der Waals surface area contributed by atoms with E-state index in [9.17, 15) is 9.59 Å². The highest BCUT2D eigenvalue weighted by molar-refractivity contribution is 8.18. The van der Waals surface area contributed by atoms with Crippen molar-refractivity contribution in [3.05, 3.63) is 69.6 Å². The molecule has 4 rings (SSSR count). The van der Waals surface area contributed by atoms with Crippen LogP contribution in [0.2, 0.25) is 0 Å². The molecular formula is C27H32N2O2S. The number of aryl methyl sites for hydroxylation is 1. The van der Waals surface area contributed by atoms with E-state index in [1.54, 1.807) is 0 Å². The van der Waals surface area contributed by atoms with E-state index in [0.717, 1.165) is 47.8 Å². The van der Waals surface area contributed by atoms with Crippen LogP contribution in [0.25, 0.3) is 6.08 Å². The van der Waals surface area contributed by atoms with Gasteiger partial charge in [0.2, 0.25) is 0 Å². The smallest absolute Gasteiger partial charge is 0.293 e. The Labute approximate surface area is 195 Å². The number of rotatable bonds is 5. The third-order valence-corrected chi connectivity index (χ3v) is 7.47. The van der Waals surface area contributed by atoms with E-state index in [4.69, 9.17) is 0 Å². The molecule has 4 nitrogen and oxygen atoms in total. The fraction of sp³-hybridized carbons (Fsp3) is 0.407. The van der Waals surface area contributed by atoms with Crippen molar-refractivity contribution in [2.75, 3.05) is 11.4 Å². The fourth-order valence-electron chi connectivity index (χ4n) is 5.00. The summed E-state index contributed by atoms with van der Waals surface area (Å²) in [7, 11) is 0. The van der Waals surface area contributed by atoms with Crippen molar-refractivity contribution < 1.29 is 9.59 Å². The second-order valence-electron chi connectivity index (χ2n) is 9.59. The summed E-state index contributed by atoms with van der Waals surface area (Å²) in [5.74, 6) is 0.233. The van der Waals surface area contributed by atoms with Crippen LogP contribution < -0.4 is 4.90 Å². The van der Waals surface area contributed by atoms with E-state index >= 15 is 0 Å². The predicted molar refractivity (Wildman–Crippen MR) is 134 cm³/mol. The van der Waals surface area contributed by atoms with Crippen LogP contribution in [0.1, 0.15) is 68.7 Å². The van der Waals surface area contributed by atoms with E-state index < -0.39 is 0 Å². The molecule has 2 amide bonds. The highest BCUT2D eigenvalue weighted by Gasteiger charge is 2.37. The van der Waals surface area contributed by atoms with Gasteiger partial charge in [-0.25, -0.2) is 0 Å². The van der Waals surface area contributed by atoms with Gasteiger partial charge in [-0.15, -0.1) is 0 Å². The first kappa shape index (κ1) is 22.7. The lowest BCUT2D eigenvalue weighted by atomic mass is 9.79. The predicted octanol–water partition coefficient (Wildman–Crippen LogP) is 6.73. The quantitative estimate of drug-likeness (QED) is 0.475. The number of nitrogens with zero attached hydrogens (tertiary/aromatic N) is 2. The van der Waals surface area contributed by atoms with Crippen LogP contribution >= 0.6 is 11.8 Å². The van der Waals surface area contributed by atoms with Crippen molar-refractivity contribution in [1.82, 2.24) is 4.90 Å². The maximum Gasteiger partial charge on any atom is 0.293 e. The summed E-state index contributed by atoms with van der Waals surface area (Å²) in [6.07, 6.45) is 4.10. The minimum Gasteiger partial charge on any atom is -0.366 e. The minimum atomic E-state index is -0.206. The summed E-state index contributed by atoms with van der Waals surface area (Å²) in [5, 5.41) is -0.204. The molecule has 2 aromatic carbocycles. The Morgan fingerprint density at radius 2 is 1.88 bits per heavy atom. The lowest BCUT2D eigenvalue weighted by Crippen LogP contribution is -2.48. The monoisotopic (exact) mass is 448 g/mol. The summed E-state index contributed by atoms with van der Waals surface area (Å²) in [5.41, 5.74) is 5.87. The van der Waals surface area contributed by atoms with Crippen LogP contribution in [0, 0.1) is 6.92 Å². The molecule has 0 aromatic heterocycles. The second kappa shape index (κ2) is 8.78. The van der Waals surface area contributed by atoms with Gasteiger partial charge in [-0.2, -0.15) is 0 Å². The Kier molecular flexibility index (Phi) is 6.22. The Bertz CT molecular complexity index is 1070. The van der Waals surface area contributed by atoms with Crippen molar-refractivity contribution in [3.63, 3.8) is 0 Å². The Morgan fingerprint density at radius 1 is 1.16 bits per heavy atom. The minimum absolute atomic E-state index is 0.122. The maximum atomic E-state index is 13.0. The highest BCUT2D eigenvalue weighted by Crippen LogP contribution is 2.45. The summed E-state index contributed by atoms with van der Waals surface area (Å²) in [6, 6.07) is 14.1. The number of carbonyl (C=O) groups is 2. The van der Waals surface area contributed by atoms with Gasteiger partial charge < -0.3 is 4.90 Å². The molecule has 168 valence electrons. The summed E-state index contributed by atoms with van der Waals surface area (Å²) >= 11 is 1.04. The number of amides is 2. The largest absolute Gasteiger partial charge is 0.366 e. The normalized spacial score (nSPS) is 21.4. The number of hydrogen-bond donors (Lipinski definition) is 0. The molecule has 0 saturated carbocycles. The molecule has 0 N–H and O–H groups in total. The van der Waals surface area contributed by atoms with Crippen LogP contribution in [0.5, 0.6) is 0 Å². The van der Waals surface area contributed by atoms with E-state index in [1.807, 2.05) is 36.4 Å². The number of imide groups is 1. The van der Waals surface area contributed by atoms with Gasteiger partial charge in [0.15, 0.2) is 0 Å². The van der Waals surface area contributed by atoms with Crippen LogP contribution in [-0.2, 0) is 11.3 Å². The average molecular weight is 449 g/mol. The van der Waals surface area contributed by atoms with Crippen LogP contribution in [-0.4, -0.2) is 28.1 Å². The molecule has 1 fully saturated rings. The number of carbonyl (C=O) groups excluding carboxylic acids is 2.